The number of anilines is 2. The second-order valence-electron chi connectivity index (χ2n) is 7.55. The number of nitrogen functional groups attached to an aromatic ring is 1. The van der Waals surface area contributed by atoms with Gasteiger partial charge in [-0.1, -0.05) is 11.6 Å². The number of nitrogens with one attached hydrogen (secondary N) is 1. The van der Waals surface area contributed by atoms with Gasteiger partial charge in [0.05, 0.1) is 24.9 Å². The van der Waals surface area contributed by atoms with Crippen LogP contribution in [0, 0.1) is 12.8 Å². The highest BCUT2D eigenvalue weighted by Gasteiger charge is 2.21. The average molecular weight is 444 g/mol. The van der Waals surface area contributed by atoms with Crippen molar-refractivity contribution in [2.24, 2.45) is 5.92 Å². The summed E-state index contributed by atoms with van der Waals surface area (Å²) < 4.78 is 16.5. The Balaban J connectivity index is 1.83. The number of hydrogen-bond donors (Lipinski definition) is 2. The van der Waals surface area contributed by atoms with Gasteiger partial charge in [-0.3, -0.25) is 0 Å². The number of benzene rings is 1. The number of fused-ring (bicyclic) bond motifs is 1. The van der Waals surface area contributed by atoms with Gasteiger partial charge in [-0.25, -0.2) is 15.0 Å². The van der Waals surface area contributed by atoms with Crippen LogP contribution in [0.25, 0.3) is 22.2 Å². The Kier molecular flexibility index (Phi) is 6.29. The van der Waals surface area contributed by atoms with Crippen LogP contribution in [-0.4, -0.2) is 48.9 Å². The first-order valence-corrected chi connectivity index (χ1v) is 10.6. The summed E-state index contributed by atoms with van der Waals surface area (Å²) in [5.41, 5.74) is 8.81. The van der Waals surface area contributed by atoms with Gasteiger partial charge < -0.3 is 25.3 Å². The molecular formula is C22H26ClN5O3. The molecule has 0 aliphatic carbocycles. The molecule has 3 N–H and O–H groups in total. The van der Waals surface area contributed by atoms with Crippen LogP contribution >= 0.6 is 11.6 Å². The Labute approximate surface area is 186 Å². The third-order valence-electron chi connectivity index (χ3n) is 5.62. The summed E-state index contributed by atoms with van der Waals surface area (Å²) >= 11 is 6.70. The predicted molar refractivity (Wildman–Crippen MR) is 122 cm³/mol. The van der Waals surface area contributed by atoms with Gasteiger partial charge in [0.1, 0.15) is 17.0 Å². The van der Waals surface area contributed by atoms with Crippen LogP contribution in [0.1, 0.15) is 18.4 Å². The fourth-order valence-corrected chi connectivity index (χ4v) is 4.23. The number of hydrogen-bond acceptors (Lipinski definition) is 8. The molecule has 0 unspecified atom stereocenters. The molecule has 31 heavy (non-hydrogen) atoms. The lowest BCUT2D eigenvalue weighted by atomic mass is 10.0. The highest BCUT2D eigenvalue weighted by molar-refractivity contribution is 6.35. The standard InChI is InChI=1S/C22H26ClN5O3/c1-12-16(29-2)9-17(30-3)19(23)18(12)15-8-14-11-26-22(24)28-20(14)21(27-15)25-10-13-4-6-31-7-5-13/h8-9,11,13H,4-7,10H2,1-3H3,(H,25,27)(H2,24,26,28). The van der Waals surface area contributed by atoms with Crippen molar-refractivity contribution in [3.8, 4) is 22.8 Å². The second-order valence-corrected chi connectivity index (χ2v) is 7.93. The van der Waals surface area contributed by atoms with E-state index in [9.17, 15) is 0 Å². The summed E-state index contributed by atoms with van der Waals surface area (Å²) in [6.45, 7) is 4.29. The molecule has 0 radical (unpaired) electrons. The molecule has 1 aliphatic rings. The topological polar surface area (TPSA) is 104 Å². The number of rotatable bonds is 6. The zero-order valence-electron chi connectivity index (χ0n) is 17.9. The molecule has 2 aromatic heterocycles. The molecule has 3 aromatic rings. The maximum absolute atomic E-state index is 6.70. The highest BCUT2D eigenvalue weighted by atomic mass is 35.5. The zero-order valence-corrected chi connectivity index (χ0v) is 18.6. The van der Waals surface area contributed by atoms with Crippen LogP contribution in [0.4, 0.5) is 11.8 Å². The van der Waals surface area contributed by atoms with Gasteiger partial charge in [-0.15, -0.1) is 0 Å². The van der Waals surface area contributed by atoms with Crippen LogP contribution in [-0.2, 0) is 4.74 Å². The monoisotopic (exact) mass is 443 g/mol. The molecule has 8 nitrogen and oxygen atoms in total. The normalized spacial score (nSPS) is 14.6. The van der Waals surface area contributed by atoms with E-state index in [0.717, 1.165) is 49.1 Å². The summed E-state index contributed by atoms with van der Waals surface area (Å²) in [6.07, 6.45) is 3.72. The van der Waals surface area contributed by atoms with Gasteiger partial charge >= 0.3 is 0 Å². The summed E-state index contributed by atoms with van der Waals surface area (Å²) in [6, 6.07) is 3.68. The first kappa shape index (κ1) is 21.4. The maximum atomic E-state index is 6.70. The fraction of sp³-hybridized carbons (Fsp3) is 0.409. The molecule has 3 heterocycles. The molecule has 9 heteroatoms. The minimum atomic E-state index is 0.202. The van der Waals surface area contributed by atoms with Gasteiger partial charge in [-0.2, -0.15) is 0 Å². The number of pyridine rings is 1. The Morgan fingerprint density at radius 1 is 1.16 bits per heavy atom. The number of nitrogens with zero attached hydrogens (tertiary/aromatic N) is 3. The molecule has 1 saturated heterocycles. The molecule has 1 aliphatic heterocycles. The van der Waals surface area contributed by atoms with E-state index in [1.807, 2.05) is 13.0 Å². The van der Waals surface area contributed by atoms with E-state index in [4.69, 9.17) is 36.5 Å². The molecule has 0 atom stereocenters. The molecule has 0 saturated carbocycles. The van der Waals surface area contributed by atoms with Crippen LogP contribution in [0.3, 0.4) is 0 Å². The predicted octanol–water partition coefficient (Wildman–Crippen LogP) is 4.09. The summed E-state index contributed by atoms with van der Waals surface area (Å²) in [5.74, 6) is 2.55. The van der Waals surface area contributed by atoms with E-state index >= 15 is 0 Å². The Morgan fingerprint density at radius 2 is 1.90 bits per heavy atom. The lowest BCUT2D eigenvalue weighted by Gasteiger charge is -2.23. The van der Waals surface area contributed by atoms with Crippen molar-refractivity contribution in [2.75, 3.05) is 45.0 Å². The van der Waals surface area contributed by atoms with E-state index in [-0.39, 0.29) is 5.95 Å². The van der Waals surface area contributed by atoms with Crippen LogP contribution in [0.2, 0.25) is 5.02 Å². The van der Waals surface area contributed by atoms with Gasteiger partial charge in [0.2, 0.25) is 5.95 Å². The van der Waals surface area contributed by atoms with Gasteiger partial charge in [0.15, 0.2) is 5.82 Å². The summed E-state index contributed by atoms with van der Waals surface area (Å²) in [5, 5.41) is 4.76. The Hall–Kier alpha value is -2.84. The zero-order chi connectivity index (χ0) is 22.0. The van der Waals surface area contributed by atoms with E-state index in [2.05, 4.69) is 15.3 Å². The van der Waals surface area contributed by atoms with Crippen LogP contribution in [0.5, 0.6) is 11.5 Å². The number of aromatic nitrogens is 3. The lowest BCUT2D eigenvalue weighted by molar-refractivity contribution is 0.0699. The van der Waals surface area contributed by atoms with Crippen molar-refractivity contribution < 1.29 is 14.2 Å². The van der Waals surface area contributed by atoms with E-state index < -0.39 is 0 Å². The smallest absolute Gasteiger partial charge is 0.220 e. The average Bonchev–Trinajstić information content (AvgIpc) is 2.78. The van der Waals surface area contributed by atoms with E-state index in [1.165, 1.54) is 0 Å². The SMILES string of the molecule is COc1cc(OC)c(Cl)c(-c2cc3cnc(N)nc3c(NCC3CCOCC3)n2)c1C. The molecule has 1 aromatic carbocycles. The molecule has 0 bridgehead atoms. The largest absolute Gasteiger partial charge is 0.496 e. The lowest BCUT2D eigenvalue weighted by Crippen LogP contribution is -2.23. The van der Waals surface area contributed by atoms with Crippen molar-refractivity contribution in [2.45, 2.75) is 19.8 Å². The second kappa shape index (κ2) is 9.11. The van der Waals surface area contributed by atoms with Gasteiger partial charge in [0.25, 0.3) is 0 Å². The van der Waals surface area contributed by atoms with Crippen LogP contribution in [0.15, 0.2) is 18.3 Å². The molecule has 164 valence electrons. The fourth-order valence-electron chi connectivity index (χ4n) is 3.86. The number of ether oxygens (including phenoxy) is 3. The first-order chi connectivity index (χ1) is 15.0. The highest BCUT2D eigenvalue weighted by Crippen LogP contribution is 2.43. The molecule has 0 amide bonds. The minimum absolute atomic E-state index is 0.202. The van der Waals surface area contributed by atoms with Gasteiger partial charge in [-0.05, 0) is 31.7 Å². The number of halogens is 1. The van der Waals surface area contributed by atoms with Crippen molar-refractivity contribution >= 4 is 34.3 Å². The Bertz CT molecular complexity index is 1070. The van der Waals surface area contributed by atoms with Crippen molar-refractivity contribution in [3.63, 3.8) is 0 Å². The summed E-state index contributed by atoms with van der Waals surface area (Å²) in [4.78, 5) is 13.5. The number of nitrogens with two attached hydrogens (primary N) is 1. The quantitative estimate of drug-likeness (QED) is 0.586. The molecule has 1 fully saturated rings. The van der Waals surface area contributed by atoms with Crippen molar-refractivity contribution in [1.82, 2.24) is 15.0 Å². The molecular weight excluding hydrogens is 418 g/mol. The third-order valence-corrected chi connectivity index (χ3v) is 6.00. The molecule has 0 spiro atoms. The van der Waals surface area contributed by atoms with Crippen molar-refractivity contribution in [1.29, 1.82) is 0 Å². The summed E-state index contributed by atoms with van der Waals surface area (Å²) in [7, 11) is 3.19. The minimum Gasteiger partial charge on any atom is -0.496 e. The van der Waals surface area contributed by atoms with Crippen LogP contribution < -0.4 is 20.5 Å². The maximum Gasteiger partial charge on any atom is 0.220 e. The van der Waals surface area contributed by atoms with Crippen molar-refractivity contribution in [3.05, 3.63) is 28.9 Å². The Morgan fingerprint density at radius 3 is 2.61 bits per heavy atom. The third kappa shape index (κ3) is 4.31. The van der Waals surface area contributed by atoms with E-state index in [0.29, 0.717) is 39.5 Å². The van der Waals surface area contributed by atoms with E-state index in [1.54, 1.807) is 26.5 Å². The number of methoxy groups -OCH3 is 2. The molecule has 4 rings (SSSR count). The first-order valence-electron chi connectivity index (χ1n) is 10.2. The van der Waals surface area contributed by atoms with Gasteiger partial charge in [0, 0.05) is 48.5 Å².